The molecule has 2 aromatic heterocycles. The van der Waals surface area contributed by atoms with E-state index in [1.54, 1.807) is 0 Å². The van der Waals surface area contributed by atoms with Gasteiger partial charge >= 0.3 is 0 Å². The molecule has 1 aliphatic heterocycles. The molecule has 0 unspecified atom stereocenters. The van der Waals surface area contributed by atoms with E-state index in [-0.39, 0.29) is 0 Å². The summed E-state index contributed by atoms with van der Waals surface area (Å²) >= 11 is 0. The predicted octanol–water partition coefficient (Wildman–Crippen LogP) is -0.0894. The molecule has 1 fully saturated rings. The Bertz CT molecular complexity index is 821. The lowest BCUT2D eigenvalue weighted by molar-refractivity contribution is 0.134. The van der Waals surface area contributed by atoms with Crippen LogP contribution in [0.3, 0.4) is 0 Å². The summed E-state index contributed by atoms with van der Waals surface area (Å²) in [6, 6.07) is 0. The van der Waals surface area contributed by atoms with Gasteiger partial charge in [0.05, 0.1) is 13.3 Å². The molecule has 3 heterocycles. The fourth-order valence-electron chi connectivity index (χ4n) is 3.45. The van der Waals surface area contributed by atoms with Crippen molar-refractivity contribution in [2.75, 3.05) is 101 Å². The molecule has 0 amide bonds. The van der Waals surface area contributed by atoms with Crippen LogP contribution in [-0.4, -0.2) is 122 Å². The van der Waals surface area contributed by atoms with Crippen LogP contribution in [-0.2, 0) is 0 Å². The largest absolute Gasteiger partial charge is 0.347 e. The summed E-state index contributed by atoms with van der Waals surface area (Å²) in [5.74, 6) is 4.21. The molecular weight excluding hydrogens is 408 g/mol. The first-order valence-electron chi connectivity index (χ1n) is 10.8. The van der Waals surface area contributed by atoms with Crippen molar-refractivity contribution in [3.8, 4) is 0 Å². The molecule has 12 nitrogen and oxygen atoms in total. The molecular formula is C20H36N12. The third-order valence-corrected chi connectivity index (χ3v) is 5.22. The number of anilines is 4. The maximum Gasteiger partial charge on any atom is 0.231 e. The molecule has 176 valence electrons. The van der Waals surface area contributed by atoms with Gasteiger partial charge in [-0.1, -0.05) is 0 Å². The molecule has 0 aromatic carbocycles. The highest BCUT2D eigenvalue weighted by Gasteiger charge is 2.21. The second-order valence-corrected chi connectivity index (χ2v) is 8.67. The smallest absolute Gasteiger partial charge is 0.231 e. The molecule has 1 aliphatic rings. The van der Waals surface area contributed by atoms with E-state index in [2.05, 4.69) is 49.5 Å². The Morgan fingerprint density at radius 3 is 1.16 bits per heavy atom. The average molecular weight is 445 g/mol. The number of aromatic nitrogens is 6. The molecule has 0 spiro atoms. The summed E-state index contributed by atoms with van der Waals surface area (Å²) in [6.07, 6.45) is 0. The number of rotatable bonds is 8. The van der Waals surface area contributed by atoms with Crippen LogP contribution in [0, 0.1) is 13.8 Å². The quantitative estimate of drug-likeness (QED) is 0.544. The third-order valence-electron chi connectivity index (χ3n) is 5.22. The van der Waals surface area contributed by atoms with E-state index in [1.165, 1.54) is 0 Å². The summed E-state index contributed by atoms with van der Waals surface area (Å²) in [5.41, 5.74) is 0. The third kappa shape index (κ3) is 6.10. The summed E-state index contributed by atoms with van der Waals surface area (Å²) in [4.78, 5) is 39.7. The fraction of sp³-hybridized carbons (Fsp3) is 0.700. The Morgan fingerprint density at radius 1 is 0.531 bits per heavy atom. The molecule has 0 aliphatic carbocycles. The number of piperazine rings is 1. The number of hydrogen-bond donors (Lipinski definition) is 0. The van der Waals surface area contributed by atoms with Gasteiger partial charge < -0.3 is 19.6 Å². The molecule has 0 bridgehead atoms. The van der Waals surface area contributed by atoms with E-state index >= 15 is 0 Å². The Balaban J connectivity index is 1.53. The lowest BCUT2D eigenvalue weighted by atomic mass is 10.3. The Kier molecular flexibility index (Phi) is 7.56. The molecule has 12 heteroatoms. The van der Waals surface area contributed by atoms with Crippen LogP contribution in [0.25, 0.3) is 0 Å². The first-order valence-corrected chi connectivity index (χ1v) is 10.8. The first kappa shape index (κ1) is 23.8. The van der Waals surface area contributed by atoms with Crippen molar-refractivity contribution < 1.29 is 0 Å². The van der Waals surface area contributed by atoms with Crippen LogP contribution >= 0.6 is 0 Å². The molecule has 32 heavy (non-hydrogen) atoms. The van der Waals surface area contributed by atoms with Gasteiger partial charge in [0.25, 0.3) is 0 Å². The molecule has 2 aromatic rings. The van der Waals surface area contributed by atoms with E-state index in [4.69, 9.17) is 0 Å². The number of hydrogen-bond acceptors (Lipinski definition) is 12. The van der Waals surface area contributed by atoms with Gasteiger partial charge in [0.15, 0.2) is 0 Å². The van der Waals surface area contributed by atoms with Crippen LogP contribution < -0.4 is 19.6 Å². The van der Waals surface area contributed by atoms with Crippen LogP contribution in [0.1, 0.15) is 11.6 Å². The predicted molar refractivity (Wildman–Crippen MR) is 127 cm³/mol. The standard InChI is InChI=1S/C20H36N12/c1-15-21-17(27(3)4)25-19(23-15)29(7)13-31-9-11-32(12-10-31)14-30(8)20-24-16(2)22-18(26-20)28(5)6/h9-14H2,1-8H3. The van der Waals surface area contributed by atoms with Crippen molar-refractivity contribution in [2.24, 2.45) is 0 Å². The van der Waals surface area contributed by atoms with Crippen LogP contribution in [0.2, 0.25) is 0 Å². The topological polar surface area (TPSA) is 96.8 Å². The maximum absolute atomic E-state index is 4.58. The van der Waals surface area contributed by atoms with E-state index in [9.17, 15) is 0 Å². The van der Waals surface area contributed by atoms with Gasteiger partial charge in [-0.05, 0) is 13.8 Å². The van der Waals surface area contributed by atoms with Crippen molar-refractivity contribution in [3.05, 3.63) is 11.6 Å². The number of aryl methyl sites for hydroxylation is 2. The van der Waals surface area contributed by atoms with Crippen molar-refractivity contribution in [3.63, 3.8) is 0 Å². The van der Waals surface area contributed by atoms with E-state index in [1.807, 2.05) is 65.9 Å². The lowest BCUT2D eigenvalue weighted by Crippen LogP contribution is -2.52. The minimum absolute atomic E-state index is 0.679. The highest BCUT2D eigenvalue weighted by molar-refractivity contribution is 5.38. The summed E-state index contributed by atoms with van der Waals surface area (Å²) < 4.78 is 0. The van der Waals surface area contributed by atoms with Gasteiger partial charge in [-0.25, -0.2) is 0 Å². The highest BCUT2D eigenvalue weighted by Crippen LogP contribution is 2.14. The minimum atomic E-state index is 0.679. The molecule has 3 rings (SSSR count). The van der Waals surface area contributed by atoms with Crippen molar-refractivity contribution in [1.82, 2.24) is 39.7 Å². The van der Waals surface area contributed by atoms with Crippen molar-refractivity contribution >= 4 is 23.8 Å². The average Bonchev–Trinajstić information content (AvgIpc) is 2.74. The normalized spacial score (nSPS) is 15.0. The van der Waals surface area contributed by atoms with Gasteiger partial charge in [0.2, 0.25) is 23.8 Å². The summed E-state index contributed by atoms with van der Waals surface area (Å²) in [7, 11) is 11.8. The lowest BCUT2D eigenvalue weighted by Gasteiger charge is -2.38. The Morgan fingerprint density at radius 2 is 0.844 bits per heavy atom. The van der Waals surface area contributed by atoms with Gasteiger partial charge in [-0.3, -0.25) is 9.80 Å². The van der Waals surface area contributed by atoms with Crippen molar-refractivity contribution in [1.29, 1.82) is 0 Å². The van der Waals surface area contributed by atoms with Crippen molar-refractivity contribution in [2.45, 2.75) is 13.8 Å². The summed E-state index contributed by atoms with van der Waals surface area (Å²) in [6.45, 7) is 9.25. The van der Waals surface area contributed by atoms with Crippen LogP contribution in [0.15, 0.2) is 0 Å². The van der Waals surface area contributed by atoms with Gasteiger partial charge in [0, 0.05) is 68.5 Å². The number of nitrogens with zero attached hydrogens (tertiary/aromatic N) is 12. The van der Waals surface area contributed by atoms with E-state index in [0.29, 0.717) is 23.8 Å². The molecule has 0 atom stereocenters. The van der Waals surface area contributed by atoms with Crippen LogP contribution in [0.5, 0.6) is 0 Å². The Labute approximate surface area is 190 Å². The minimum Gasteiger partial charge on any atom is -0.347 e. The van der Waals surface area contributed by atoms with Gasteiger partial charge in [-0.15, -0.1) is 0 Å². The van der Waals surface area contributed by atoms with E-state index in [0.717, 1.165) is 51.2 Å². The SMILES string of the molecule is Cc1nc(N(C)C)nc(N(C)CN2CCN(CN(C)c3nc(C)nc(N(C)C)n3)CC2)n1. The zero-order valence-corrected chi connectivity index (χ0v) is 20.6. The Hall–Kier alpha value is -2.86. The second-order valence-electron chi connectivity index (χ2n) is 8.67. The van der Waals surface area contributed by atoms with Gasteiger partial charge in [0.1, 0.15) is 11.6 Å². The first-order chi connectivity index (χ1) is 15.1. The zero-order chi connectivity index (χ0) is 23.4. The van der Waals surface area contributed by atoms with Gasteiger partial charge in [-0.2, -0.15) is 29.9 Å². The molecule has 0 radical (unpaired) electrons. The molecule has 0 N–H and O–H groups in total. The van der Waals surface area contributed by atoms with Crippen LogP contribution in [0.4, 0.5) is 23.8 Å². The summed E-state index contributed by atoms with van der Waals surface area (Å²) in [5, 5.41) is 0. The maximum atomic E-state index is 4.58. The van der Waals surface area contributed by atoms with E-state index < -0.39 is 0 Å². The zero-order valence-electron chi connectivity index (χ0n) is 20.6. The fourth-order valence-corrected chi connectivity index (χ4v) is 3.45. The highest BCUT2D eigenvalue weighted by atomic mass is 15.4. The molecule has 1 saturated heterocycles. The second kappa shape index (κ2) is 10.2. The monoisotopic (exact) mass is 444 g/mol. The molecule has 0 saturated carbocycles.